The molecule has 25 heavy (non-hydrogen) atoms. The van der Waals surface area contributed by atoms with Crippen LogP contribution in [0.15, 0.2) is 0 Å². The number of carbonyl (C=O) groups excluding carboxylic acids is 2. The fourth-order valence-electron chi connectivity index (χ4n) is 1.64. The topological polar surface area (TPSA) is 119 Å². The zero-order chi connectivity index (χ0) is 20.2. The number of hydrogen-bond donors (Lipinski definition) is 3. The van der Waals surface area contributed by atoms with Crippen molar-refractivity contribution in [2.45, 2.75) is 51.4 Å². The molecule has 0 aliphatic rings. The van der Waals surface area contributed by atoms with E-state index in [1.165, 1.54) is 7.05 Å². The van der Waals surface area contributed by atoms with E-state index in [2.05, 4.69) is 10.6 Å². The zero-order valence-electron chi connectivity index (χ0n) is 16.3. The van der Waals surface area contributed by atoms with Crippen LogP contribution < -0.4 is 10.6 Å². The van der Waals surface area contributed by atoms with E-state index >= 15 is 0 Å². The van der Waals surface area contributed by atoms with Crippen LogP contribution in [0.2, 0.25) is 0 Å². The van der Waals surface area contributed by atoms with E-state index in [1.807, 2.05) is 0 Å². The maximum atomic E-state index is 12.2. The molecule has 0 unspecified atom stereocenters. The maximum absolute atomic E-state index is 12.2. The zero-order valence-corrected chi connectivity index (χ0v) is 17.1. The number of nitrogens with zero attached hydrogens (tertiary/aromatic N) is 2. The van der Waals surface area contributed by atoms with Crippen molar-refractivity contribution in [3.05, 3.63) is 0 Å². The lowest BCUT2D eigenvalue weighted by Gasteiger charge is -2.32. The van der Waals surface area contributed by atoms with Gasteiger partial charge < -0.3 is 15.7 Å². The van der Waals surface area contributed by atoms with Gasteiger partial charge in [0.25, 0.3) is 0 Å². The Morgan fingerprint density at radius 3 is 2.00 bits per heavy atom. The van der Waals surface area contributed by atoms with E-state index in [1.54, 1.807) is 46.7 Å². The van der Waals surface area contributed by atoms with Gasteiger partial charge >= 0.3 is 0 Å². The van der Waals surface area contributed by atoms with Gasteiger partial charge in [-0.15, -0.1) is 0 Å². The highest BCUT2D eigenvalue weighted by Gasteiger charge is 2.32. The largest absolute Gasteiger partial charge is 0.390 e. The highest BCUT2D eigenvalue weighted by atomic mass is 32.2. The molecule has 0 aliphatic carbocycles. The molecule has 0 radical (unpaired) electrons. The van der Waals surface area contributed by atoms with Gasteiger partial charge in [0, 0.05) is 13.6 Å². The molecule has 2 amide bonds. The summed E-state index contributed by atoms with van der Waals surface area (Å²) in [6.45, 7) is 6.44. The molecule has 0 aromatic rings. The summed E-state index contributed by atoms with van der Waals surface area (Å²) in [7, 11) is 1.46. The molecule has 10 heteroatoms. The molecule has 0 heterocycles. The Bertz CT molecular complexity index is 576. The van der Waals surface area contributed by atoms with Crippen molar-refractivity contribution in [1.29, 1.82) is 0 Å². The van der Waals surface area contributed by atoms with Gasteiger partial charge in [-0.3, -0.25) is 14.5 Å². The predicted octanol–water partition coefficient (Wildman–Crippen LogP) is -1.41. The van der Waals surface area contributed by atoms with Crippen LogP contribution in [-0.2, 0) is 19.6 Å². The molecule has 0 aromatic heterocycles. The second kappa shape index (κ2) is 8.93. The lowest BCUT2D eigenvalue weighted by molar-refractivity contribution is -0.134. The molecule has 3 atom stereocenters. The molecular weight excluding hydrogens is 348 g/mol. The molecule has 3 N–H and O–H groups in total. The number of nitrogens with one attached hydrogen (secondary N) is 2. The van der Waals surface area contributed by atoms with E-state index in [0.29, 0.717) is 0 Å². The average Bonchev–Trinajstić information content (AvgIpc) is 2.45. The number of amides is 2. The second-order valence-electron chi connectivity index (χ2n) is 7.06. The Kier molecular flexibility index (Phi) is 8.49. The van der Waals surface area contributed by atoms with Crippen molar-refractivity contribution < 1.29 is 23.1 Å². The molecule has 148 valence electrons. The van der Waals surface area contributed by atoms with Crippen molar-refractivity contribution in [3.8, 4) is 0 Å². The highest BCUT2D eigenvalue weighted by molar-refractivity contribution is 7.88. The molecule has 0 fully saturated rings. The monoisotopic (exact) mass is 380 g/mol. The number of rotatable bonds is 9. The summed E-state index contributed by atoms with van der Waals surface area (Å²) in [6, 6.07) is -1.48. The number of carbonyl (C=O) groups is 2. The quantitative estimate of drug-likeness (QED) is 0.452. The smallest absolute Gasteiger partial charge is 0.242 e. The lowest BCUT2D eigenvalue weighted by Crippen LogP contribution is -2.58. The Morgan fingerprint density at radius 2 is 1.60 bits per heavy atom. The molecule has 0 saturated carbocycles. The van der Waals surface area contributed by atoms with Gasteiger partial charge in [0.05, 0.1) is 23.9 Å². The summed E-state index contributed by atoms with van der Waals surface area (Å²) >= 11 is 0. The third-order valence-electron chi connectivity index (χ3n) is 4.37. The van der Waals surface area contributed by atoms with Gasteiger partial charge in [0.15, 0.2) is 0 Å². The number of sulfonamides is 1. The van der Waals surface area contributed by atoms with Crippen molar-refractivity contribution in [2.75, 3.05) is 33.9 Å². The van der Waals surface area contributed by atoms with Gasteiger partial charge in [0.2, 0.25) is 21.8 Å². The molecular formula is C15H32N4O5S. The predicted molar refractivity (Wildman–Crippen MR) is 96.5 cm³/mol. The van der Waals surface area contributed by atoms with Crippen LogP contribution >= 0.6 is 0 Å². The molecule has 0 aromatic carbocycles. The molecule has 0 aliphatic heterocycles. The first kappa shape index (κ1) is 23.8. The van der Waals surface area contributed by atoms with E-state index in [-0.39, 0.29) is 12.5 Å². The Balaban J connectivity index is 4.69. The van der Waals surface area contributed by atoms with Gasteiger partial charge in [-0.25, -0.2) is 12.7 Å². The third kappa shape index (κ3) is 7.27. The normalized spacial score (nSPS) is 16.4. The summed E-state index contributed by atoms with van der Waals surface area (Å²) in [4.78, 5) is 26.2. The molecule has 0 bridgehead atoms. The summed E-state index contributed by atoms with van der Waals surface area (Å²) in [6.07, 6.45) is -0.0441. The fraction of sp³-hybridized carbons (Fsp3) is 0.867. The van der Waals surface area contributed by atoms with E-state index < -0.39 is 39.7 Å². The minimum absolute atomic E-state index is 0.144. The van der Waals surface area contributed by atoms with Crippen LogP contribution in [0, 0.1) is 0 Å². The van der Waals surface area contributed by atoms with Gasteiger partial charge in [-0.05, 0) is 41.8 Å². The van der Waals surface area contributed by atoms with E-state index in [0.717, 1.165) is 10.6 Å². The molecule has 0 spiro atoms. The minimum Gasteiger partial charge on any atom is -0.390 e. The lowest BCUT2D eigenvalue weighted by atomic mass is 10.0. The van der Waals surface area contributed by atoms with Crippen molar-refractivity contribution in [2.24, 2.45) is 0 Å². The van der Waals surface area contributed by atoms with E-state index in [4.69, 9.17) is 0 Å². The molecule has 9 nitrogen and oxygen atoms in total. The fourth-order valence-corrected chi connectivity index (χ4v) is 2.07. The van der Waals surface area contributed by atoms with Gasteiger partial charge in [0.1, 0.15) is 6.04 Å². The van der Waals surface area contributed by atoms with Crippen LogP contribution in [-0.4, -0.2) is 92.2 Å². The summed E-state index contributed by atoms with van der Waals surface area (Å²) in [5.74, 6) is -0.762. The maximum Gasteiger partial charge on any atom is 0.242 e. The summed E-state index contributed by atoms with van der Waals surface area (Å²) < 4.78 is 23.7. The standard InChI is InChI=1S/C15H32N4O5S/c1-10(12(20)9-19(7)25(8,23)24)16-13(21)11(2)17-14(22)15(3,4)18(5)6/h10-12,20H,9H2,1-8H3,(H,16,21)(H,17,22)/t10-,11-,12+/m0/s1. The number of aliphatic hydroxyl groups is 1. The van der Waals surface area contributed by atoms with Crippen LogP contribution in [0.1, 0.15) is 27.7 Å². The van der Waals surface area contributed by atoms with Gasteiger partial charge in [-0.2, -0.15) is 0 Å². The van der Waals surface area contributed by atoms with Crippen LogP contribution in [0.4, 0.5) is 0 Å². The number of hydrogen-bond acceptors (Lipinski definition) is 6. The van der Waals surface area contributed by atoms with Crippen LogP contribution in [0.3, 0.4) is 0 Å². The van der Waals surface area contributed by atoms with Crippen molar-refractivity contribution in [3.63, 3.8) is 0 Å². The minimum atomic E-state index is -3.42. The number of aliphatic hydroxyl groups excluding tert-OH is 1. The SMILES string of the molecule is C[C@H](NC(=O)C(C)(C)N(C)C)C(=O)N[C@@H](C)[C@H](O)CN(C)S(C)(=O)=O. The van der Waals surface area contributed by atoms with E-state index in [9.17, 15) is 23.1 Å². The van der Waals surface area contributed by atoms with Crippen LogP contribution in [0.25, 0.3) is 0 Å². The first-order valence-corrected chi connectivity index (χ1v) is 9.83. The highest BCUT2D eigenvalue weighted by Crippen LogP contribution is 2.10. The number of likely N-dealkylation sites (N-methyl/N-ethyl adjacent to an activating group) is 2. The van der Waals surface area contributed by atoms with Gasteiger partial charge in [-0.1, -0.05) is 0 Å². The second-order valence-corrected chi connectivity index (χ2v) is 9.15. The Hall–Kier alpha value is -1.23. The molecule has 0 saturated heterocycles. The van der Waals surface area contributed by atoms with Crippen LogP contribution in [0.5, 0.6) is 0 Å². The molecule has 0 rings (SSSR count). The third-order valence-corrected chi connectivity index (χ3v) is 5.65. The average molecular weight is 381 g/mol. The first-order valence-electron chi connectivity index (χ1n) is 7.98. The summed E-state index contributed by atoms with van der Waals surface area (Å²) in [5, 5.41) is 15.3. The Labute approximate surface area is 150 Å². The van der Waals surface area contributed by atoms with Crippen molar-refractivity contribution in [1.82, 2.24) is 19.8 Å². The summed E-state index contributed by atoms with van der Waals surface area (Å²) in [5.41, 5.74) is -0.780. The first-order chi connectivity index (χ1) is 11.1. The Morgan fingerprint density at radius 1 is 1.12 bits per heavy atom. The van der Waals surface area contributed by atoms with Crippen molar-refractivity contribution >= 4 is 21.8 Å².